The number of hydrogen-bond donors (Lipinski definition) is 1. The zero-order valence-electron chi connectivity index (χ0n) is 17.1. The summed E-state index contributed by atoms with van der Waals surface area (Å²) in [6.45, 7) is 4.91. The first-order valence-electron chi connectivity index (χ1n) is 10.1. The van der Waals surface area contributed by atoms with E-state index in [-0.39, 0.29) is 5.91 Å². The number of piperazine rings is 1. The highest BCUT2D eigenvalue weighted by molar-refractivity contribution is 7.13. The van der Waals surface area contributed by atoms with Crippen LogP contribution in [0.2, 0.25) is 0 Å². The van der Waals surface area contributed by atoms with Gasteiger partial charge in [-0.3, -0.25) is 14.6 Å². The minimum Gasteiger partial charge on any atom is -0.497 e. The number of ether oxygens (including phenoxy) is 1. The van der Waals surface area contributed by atoms with Crippen LogP contribution in [0.3, 0.4) is 0 Å². The summed E-state index contributed by atoms with van der Waals surface area (Å²) in [7, 11) is 1.63. The number of nitrogens with one attached hydrogen (secondary N) is 1. The quantitative estimate of drug-likeness (QED) is 0.631. The zero-order chi connectivity index (χ0) is 20.8. The summed E-state index contributed by atoms with van der Waals surface area (Å²) in [4.78, 5) is 21.7. The summed E-state index contributed by atoms with van der Waals surface area (Å²) in [5.41, 5.74) is 3.07. The lowest BCUT2D eigenvalue weighted by Crippen LogP contribution is -2.48. The predicted molar refractivity (Wildman–Crippen MR) is 121 cm³/mol. The molecule has 30 heavy (non-hydrogen) atoms. The molecule has 1 aliphatic heterocycles. The lowest BCUT2D eigenvalue weighted by atomic mass is 10.2. The van der Waals surface area contributed by atoms with Gasteiger partial charge in [-0.15, -0.1) is 11.3 Å². The molecule has 7 heteroatoms. The van der Waals surface area contributed by atoms with Gasteiger partial charge in [-0.2, -0.15) is 0 Å². The first kappa shape index (κ1) is 20.5. The summed E-state index contributed by atoms with van der Waals surface area (Å²) in [6, 6.07) is 17.7. The number of rotatable bonds is 7. The molecule has 2 aromatic carbocycles. The molecule has 0 spiro atoms. The molecule has 1 saturated heterocycles. The average molecular weight is 423 g/mol. The molecule has 0 unspecified atom stereocenters. The number of nitrogens with zero attached hydrogens (tertiary/aromatic N) is 3. The molecule has 1 N–H and O–H groups in total. The van der Waals surface area contributed by atoms with Crippen molar-refractivity contribution in [2.75, 3.05) is 45.2 Å². The van der Waals surface area contributed by atoms with Gasteiger partial charge in [0.15, 0.2) is 0 Å². The van der Waals surface area contributed by atoms with E-state index in [1.807, 2.05) is 42.5 Å². The Morgan fingerprint density at radius 2 is 1.73 bits per heavy atom. The summed E-state index contributed by atoms with van der Waals surface area (Å²) in [5, 5.41) is 6.17. The molecule has 2 heterocycles. The predicted octanol–water partition coefficient (Wildman–Crippen LogP) is 3.58. The number of carbonyl (C=O) groups is 1. The molecule has 0 saturated carbocycles. The van der Waals surface area contributed by atoms with Crippen LogP contribution in [0.4, 0.5) is 5.69 Å². The molecule has 1 aliphatic rings. The highest BCUT2D eigenvalue weighted by Gasteiger charge is 2.20. The first-order valence-corrected chi connectivity index (χ1v) is 11.0. The summed E-state index contributed by atoms with van der Waals surface area (Å²) in [6.07, 6.45) is 0. The Labute approximate surface area is 181 Å². The van der Waals surface area contributed by atoms with Crippen LogP contribution in [0.15, 0.2) is 60.0 Å². The maximum Gasteiger partial charge on any atom is 0.238 e. The van der Waals surface area contributed by atoms with Crippen LogP contribution in [-0.4, -0.2) is 60.5 Å². The van der Waals surface area contributed by atoms with Crippen molar-refractivity contribution in [3.05, 3.63) is 65.7 Å². The minimum absolute atomic E-state index is 0.0145. The van der Waals surface area contributed by atoms with Crippen LogP contribution in [0.5, 0.6) is 5.75 Å². The van der Waals surface area contributed by atoms with Gasteiger partial charge < -0.3 is 10.1 Å². The van der Waals surface area contributed by atoms with E-state index in [4.69, 9.17) is 9.72 Å². The highest BCUT2D eigenvalue weighted by atomic mass is 32.1. The molecular formula is C23H26N4O2S. The third-order valence-electron chi connectivity index (χ3n) is 5.16. The molecule has 1 amide bonds. The van der Waals surface area contributed by atoms with Gasteiger partial charge >= 0.3 is 0 Å². The lowest BCUT2D eigenvalue weighted by molar-refractivity contribution is -0.117. The zero-order valence-corrected chi connectivity index (χ0v) is 17.9. The van der Waals surface area contributed by atoms with Crippen molar-refractivity contribution >= 4 is 22.9 Å². The van der Waals surface area contributed by atoms with Gasteiger partial charge in [0.2, 0.25) is 5.91 Å². The van der Waals surface area contributed by atoms with Gasteiger partial charge in [-0.25, -0.2) is 4.98 Å². The van der Waals surface area contributed by atoms with Crippen molar-refractivity contribution in [2.24, 2.45) is 0 Å². The number of carbonyl (C=O) groups excluding carboxylic acids is 1. The normalized spacial score (nSPS) is 15.1. The number of amides is 1. The van der Waals surface area contributed by atoms with E-state index in [0.717, 1.165) is 54.9 Å². The Hall–Kier alpha value is -2.74. The summed E-state index contributed by atoms with van der Waals surface area (Å²) >= 11 is 1.69. The van der Waals surface area contributed by atoms with E-state index in [1.165, 1.54) is 5.56 Å². The van der Waals surface area contributed by atoms with Gasteiger partial charge in [0.05, 0.1) is 19.3 Å². The second-order valence-corrected chi connectivity index (χ2v) is 8.20. The molecule has 0 bridgehead atoms. The van der Waals surface area contributed by atoms with Crippen molar-refractivity contribution in [1.82, 2.24) is 14.8 Å². The van der Waals surface area contributed by atoms with E-state index in [9.17, 15) is 4.79 Å². The molecule has 0 radical (unpaired) electrons. The number of anilines is 1. The molecule has 156 valence electrons. The first-order chi connectivity index (χ1) is 14.7. The standard InChI is InChI=1S/C23H26N4O2S/c1-29-21-9-7-19(8-10-21)24-22(28)16-27-13-11-26(12-14-27)15-20-17-30-23(25-20)18-5-3-2-4-6-18/h2-10,17H,11-16H2,1H3,(H,24,28). The van der Waals surface area contributed by atoms with Crippen LogP contribution in [-0.2, 0) is 11.3 Å². The molecule has 3 aromatic rings. The Balaban J connectivity index is 1.22. The van der Waals surface area contributed by atoms with Gasteiger partial charge in [-0.1, -0.05) is 30.3 Å². The van der Waals surface area contributed by atoms with Crippen molar-refractivity contribution in [3.63, 3.8) is 0 Å². The smallest absolute Gasteiger partial charge is 0.238 e. The van der Waals surface area contributed by atoms with E-state index in [0.29, 0.717) is 6.54 Å². The van der Waals surface area contributed by atoms with Crippen molar-refractivity contribution in [1.29, 1.82) is 0 Å². The number of methoxy groups -OCH3 is 1. The maximum absolute atomic E-state index is 12.3. The van der Waals surface area contributed by atoms with Crippen LogP contribution in [0, 0.1) is 0 Å². The molecular weight excluding hydrogens is 396 g/mol. The molecule has 0 atom stereocenters. The molecule has 0 aliphatic carbocycles. The lowest BCUT2D eigenvalue weighted by Gasteiger charge is -2.33. The number of benzene rings is 2. The Kier molecular flexibility index (Phi) is 6.74. The number of aromatic nitrogens is 1. The highest BCUT2D eigenvalue weighted by Crippen LogP contribution is 2.24. The SMILES string of the molecule is COc1ccc(NC(=O)CN2CCN(Cc3csc(-c4ccccc4)n3)CC2)cc1. The third-order valence-corrected chi connectivity index (χ3v) is 6.10. The van der Waals surface area contributed by atoms with Gasteiger partial charge in [0.1, 0.15) is 10.8 Å². The Morgan fingerprint density at radius 3 is 2.43 bits per heavy atom. The maximum atomic E-state index is 12.3. The average Bonchev–Trinajstić information content (AvgIpc) is 3.25. The Morgan fingerprint density at radius 1 is 1.03 bits per heavy atom. The number of hydrogen-bond acceptors (Lipinski definition) is 6. The van der Waals surface area contributed by atoms with E-state index < -0.39 is 0 Å². The van der Waals surface area contributed by atoms with Crippen molar-refractivity contribution in [3.8, 4) is 16.3 Å². The topological polar surface area (TPSA) is 57.7 Å². The second-order valence-electron chi connectivity index (χ2n) is 7.34. The van der Waals surface area contributed by atoms with Crippen LogP contribution >= 0.6 is 11.3 Å². The van der Waals surface area contributed by atoms with Crippen molar-refractivity contribution < 1.29 is 9.53 Å². The molecule has 1 aromatic heterocycles. The second kappa shape index (κ2) is 9.84. The largest absolute Gasteiger partial charge is 0.497 e. The van der Waals surface area contributed by atoms with E-state index in [2.05, 4.69) is 32.6 Å². The fourth-order valence-corrected chi connectivity index (χ4v) is 4.32. The van der Waals surface area contributed by atoms with Crippen LogP contribution in [0.25, 0.3) is 10.6 Å². The molecule has 1 fully saturated rings. The minimum atomic E-state index is 0.0145. The third kappa shape index (κ3) is 5.44. The fourth-order valence-electron chi connectivity index (χ4n) is 3.51. The fraction of sp³-hybridized carbons (Fsp3) is 0.304. The van der Waals surface area contributed by atoms with E-state index >= 15 is 0 Å². The monoisotopic (exact) mass is 422 g/mol. The molecule has 6 nitrogen and oxygen atoms in total. The van der Waals surface area contributed by atoms with Crippen LogP contribution < -0.4 is 10.1 Å². The number of thiazole rings is 1. The molecule has 4 rings (SSSR count). The summed E-state index contributed by atoms with van der Waals surface area (Å²) < 4.78 is 5.14. The van der Waals surface area contributed by atoms with Gasteiger partial charge in [0, 0.05) is 49.4 Å². The Bertz CT molecular complexity index is 951. The van der Waals surface area contributed by atoms with Gasteiger partial charge in [0.25, 0.3) is 0 Å². The summed E-state index contributed by atoms with van der Waals surface area (Å²) in [5.74, 6) is 0.792. The van der Waals surface area contributed by atoms with E-state index in [1.54, 1.807) is 18.4 Å². The van der Waals surface area contributed by atoms with Crippen LogP contribution in [0.1, 0.15) is 5.69 Å². The van der Waals surface area contributed by atoms with Crippen molar-refractivity contribution in [2.45, 2.75) is 6.54 Å². The van der Waals surface area contributed by atoms with Gasteiger partial charge in [-0.05, 0) is 24.3 Å².